The number of likely N-dealkylation sites (tertiary alicyclic amines) is 1. The van der Waals surface area contributed by atoms with Crippen LogP contribution in [0.2, 0.25) is 10.0 Å². The average Bonchev–Trinajstić information content (AvgIpc) is 2.86. The van der Waals surface area contributed by atoms with Gasteiger partial charge in [-0.2, -0.15) is 0 Å². The molecule has 1 aromatic heterocycles. The Kier molecular flexibility index (Phi) is 9.94. The summed E-state index contributed by atoms with van der Waals surface area (Å²) in [6.07, 6.45) is 9.53. The number of carbonyl (C=O) groups excluding carboxylic acids is 2. The predicted molar refractivity (Wildman–Crippen MR) is 137 cm³/mol. The molecule has 2 aromatic rings. The van der Waals surface area contributed by atoms with Crippen molar-refractivity contribution in [1.82, 2.24) is 20.2 Å². The molecule has 2 N–H and O–H groups in total. The Morgan fingerprint density at radius 2 is 1.97 bits per heavy atom. The number of thioether (sulfide) groups is 1. The topological polar surface area (TPSA) is 112 Å². The fraction of sp³-hybridized carbons (Fsp3) is 0.375. The number of benzene rings is 1. The van der Waals surface area contributed by atoms with E-state index in [4.69, 9.17) is 23.2 Å². The Labute approximate surface area is 218 Å². The number of halogens is 2. The largest absolute Gasteiger partial charge is 0.480 e. The van der Waals surface area contributed by atoms with Gasteiger partial charge in [0.15, 0.2) is 0 Å². The number of piperidine rings is 1. The first-order chi connectivity index (χ1) is 16.8. The molecule has 0 aliphatic carbocycles. The number of nitrogens with zero attached hydrogens (tertiary/aromatic N) is 3. The van der Waals surface area contributed by atoms with Crippen molar-refractivity contribution in [3.8, 4) is 0 Å². The summed E-state index contributed by atoms with van der Waals surface area (Å²) >= 11 is 14.1. The molecule has 11 heteroatoms. The summed E-state index contributed by atoms with van der Waals surface area (Å²) in [6, 6.07) is 4.29. The van der Waals surface area contributed by atoms with E-state index in [0.717, 1.165) is 10.5 Å². The number of amides is 2. The first-order valence-electron chi connectivity index (χ1n) is 11.0. The molecule has 1 fully saturated rings. The third-order valence-electron chi connectivity index (χ3n) is 5.78. The molecule has 0 bridgehead atoms. The van der Waals surface area contributed by atoms with Gasteiger partial charge in [0.2, 0.25) is 11.8 Å². The van der Waals surface area contributed by atoms with Crippen molar-refractivity contribution in [2.75, 3.05) is 19.3 Å². The van der Waals surface area contributed by atoms with E-state index in [2.05, 4.69) is 15.3 Å². The van der Waals surface area contributed by atoms with Crippen LogP contribution < -0.4 is 5.32 Å². The van der Waals surface area contributed by atoms with E-state index in [1.54, 1.807) is 23.1 Å². The van der Waals surface area contributed by atoms with Crippen LogP contribution in [0.3, 0.4) is 0 Å². The normalized spacial score (nSPS) is 15.2. The SMILES string of the molecule is CSc1ccc(/C=C/CC(=O)N2CCC(C(=O)NC(Cc3ccncn3)C(=O)O)CC2)c(Cl)c1Cl. The lowest BCUT2D eigenvalue weighted by molar-refractivity contribution is -0.143. The van der Waals surface area contributed by atoms with E-state index < -0.39 is 12.0 Å². The summed E-state index contributed by atoms with van der Waals surface area (Å²) in [4.78, 5) is 47.3. The number of hydrogen-bond acceptors (Lipinski definition) is 6. The van der Waals surface area contributed by atoms with Gasteiger partial charge in [0.25, 0.3) is 0 Å². The second-order valence-electron chi connectivity index (χ2n) is 8.05. The third-order valence-corrected chi connectivity index (χ3v) is 7.56. The summed E-state index contributed by atoms with van der Waals surface area (Å²) in [5.41, 5.74) is 1.28. The molecule has 1 saturated heterocycles. The van der Waals surface area contributed by atoms with Gasteiger partial charge in [0.1, 0.15) is 12.4 Å². The highest BCUT2D eigenvalue weighted by molar-refractivity contribution is 7.98. The van der Waals surface area contributed by atoms with Gasteiger partial charge in [-0.15, -0.1) is 11.8 Å². The zero-order chi connectivity index (χ0) is 25.4. The van der Waals surface area contributed by atoms with Gasteiger partial charge in [0.05, 0.1) is 10.0 Å². The summed E-state index contributed by atoms with van der Waals surface area (Å²) in [5.74, 6) is -1.84. The van der Waals surface area contributed by atoms with Gasteiger partial charge >= 0.3 is 5.97 Å². The van der Waals surface area contributed by atoms with Crippen molar-refractivity contribution in [1.29, 1.82) is 0 Å². The molecule has 3 rings (SSSR count). The number of rotatable bonds is 9. The summed E-state index contributed by atoms with van der Waals surface area (Å²) in [6.45, 7) is 0.868. The minimum atomic E-state index is -1.12. The Balaban J connectivity index is 1.48. The minimum Gasteiger partial charge on any atom is -0.480 e. The fourth-order valence-electron chi connectivity index (χ4n) is 3.78. The molecule has 0 radical (unpaired) electrons. The number of nitrogens with one attached hydrogen (secondary N) is 1. The van der Waals surface area contributed by atoms with Crippen molar-refractivity contribution in [2.45, 2.75) is 36.6 Å². The second kappa shape index (κ2) is 12.9. The fourth-order valence-corrected chi connectivity index (χ4v) is 4.95. The quantitative estimate of drug-likeness (QED) is 0.466. The molecule has 1 aliphatic heterocycles. The number of aliphatic carboxylic acids is 1. The Bertz CT molecular complexity index is 1090. The van der Waals surface area contributed by atoms with Crippen LogP contribution >= 0.6 is 35.0 Å². The number of carboxylic acids is 1. The molecule has 0 spiro atoms. The highest BCUT2D eigenvalue weighted by Gasteiger charge is 2.30. The molecular weight excluding hydrogens is 511 g/mol. The molecule has 2 amide bonds. The molecular formula is C24H26Cl2N4O4S. The highest BCUT2D eigenvalue weighted by Crippen LogP contribution is 2.35. The van der Waals surface area contributed by atoms with Crippen LogP contribution in [0.25, 0.3) is 6.08 Å². The van der Waals surface area contributed by atoms with Crippen LogP contribution in [0.15, 0.2) is 41.7 Å². The Morgan fingerprint density at radius 1 is 1.23 bits per heavy atom. The maximum atomic E-state index is 12.7. The number of aromatic nitrogens is 2. The van der Waals surface area contributed by atoms with E-state index >= 15 is 0 Å². The van der Waals surface area contributed by atoms with E-state index in [-0.39, 0.29) is 30.6 Å². The van der Waals surface area contributed by atoms with Gasteiger partial charge in [-0.1, -0.05) is 41.4 Å². The van der Waals surface area contributed by atoms with E-state index in [1.165, 1.54) is 24.3 Å². The Morgan fingerprint density at radius 3 is 2.60 bits per heavy atom. The predicted octanol–water partition coefficient (Wildman–Crippen LogP) is 3.96. The Hall–Kier alpha value is -2.62. The summed E-state index contributed by atoms with van der Waals surface area (Å²) in [7, 11) is 0. The van der Waals surface area contributed by atoms with E-state index in [9.17, 15) is 19.5 Å². The summed E-state index contributed by atoms with van der Waals surface area (Å²) in [5, 5.41) is 13.0. The molecule has 1 unspecified atom stereocenters. The lowest BCUT2D eigenvalue weighted by Crippen LogP contribution is -2.48. The van der Waals surface area contributed by atoms with Gasteiger partial charge in [-0.05, 0) is 36.8 Å². The van der Waals surface area contributed by atoms with Crippen LogP contribution in [0.1, 0.15) is 30.5 Å². The van der Waals surface area contributed by atoms with Crippen molar-refractivity contribution >= 4 is 58.8 Å². The van der Waals surface area contributed by atoms with Crippen molar-refractivity contribution in [2.24, 2.45) is 5.92 Å². The molecule has 1 atom stereocenters. The lowest BCUT2D eigenvalue weighted by Gasteiger charge is -2.31. The number of carbonyl (C=O) groups is 3. The average molecular weight is 537 g/mol. The molecule has 35 heavy (non-hydrogen) atoms. The van der Waals surface area contributed by atoms with E-state index in [0.29, 0.717) is 41.7 Å². The number of hydrogen-bond donors (Lipinski definition) is 2. The zero-order valence-electron chi connectivity index (χ0n) is 19.1. The summed E-state index contributed by atoms with van der Waals surface area (Å²) < 4.78 is 0. The van der Waals surface area contributed by atoms with Gasteiger partial charge in [-0.25, -0.2) is 14.8 Å². The first-order valence-corrected chi connectivity index (χ1v) is 13.0. The maximum Gasteiger partial charge on any atom is 0.326 e. The molecule has 8 nitrogen and oxygen atoms in total. The molecule has 1 aromatic carbocycles. The highest BCUT2D eigenvalue weighted by atomic mass is 35.5. The van der Waals surface area contributed by atoms with Crippen LogP contribution in [0.4, 0.5) is 0 Å². The molecule has 1 aliphatic rings. The monoisotopic (exact) mass is 536 g/mol. The lowest BCUT2D eigenvalue weighted by atomic mass is 9.95. The van der Waals surface area contributed by atoms with Crippen molar-refractivity contribution in [3.05, 3.63) is 58.1 Å². The van der Waals surface area contributed by atoms with Crippen molar-refractivity contribution in [3.63, 3.8) is 0 Å². The third kappa shape index (κ3) is 7.43. The van der Waals surface area contributed by atoms with Gasteiger partial charge < -0.3 is 15.3 Å². The second-order valence-corrected chi connectivity index (χ2v) is 9.65. The molecule has 2 heterocycles. The van der Waals surface area contributed by atoms with Gasteiger partial charge in [-0.3, -0.25) is 9.59 Å². The van der Waals surface area contributed by atoms with Crippen LogP contribution in [-0.2, 0) is 20.8 Å². The standard InChI is InChI=1S/C24H26Cl2N4O4S/c1-35-19-6-5-15(21(25)22(19)26)3-2-4-20(31)30-11-8-16(9-12-30)23(32)29-18(24(33)34)13-17-7-10-27-14-28-17/h2-3,5-7,10,14,16,18H,4,8-9,11-13H2,1H3,(H,29,32)(H,33,34)/b3-2+. The molecule has 0 saturated carbocycles. The van der Waals surface area contributed by atoms with Crippen LogP contribution in [0.5, 0.6) is 0 Å². The smallest absolute Gasteiger partial charge is 0.326 e. The molecule has 186 valence electrons. The first kappa shape index (κ1) is 27.0. The zero-order valence-corrected chi connectivity index (χ0v) is 21.4. The van der Waals surface area contributed by atoms with E-state index in [1.807, 2.05) is 18.4 Å². The maximum absolute atomic E-state index is 12.7. The van der Waals surface area contributed by atoms with Gasteiger partial charge in [0, 0.05) is 48.6 Å². The van der Waals surface area contributed by atoms with Crippen molar-refractivity contribution < 1.29 is 19.5 Å². The minimum absolute atomic E-state index is 0.0461. The van der Waals surface area contributed by atoms with Crippen LogP contribution in [0, 0.1) is 5.92 Å². The number of carboxylic acid groups (broad SMARTS) is 1. The van der Waals surface area contributed by atoms with Crippen LogP contribution in [-0.4, -0.2) is 63.1 Å².